The van der Waals surface area contributed by atoms with Crippen LogP contribution in [0.3, 0.4) is 0 Å². The van der Waals surface area contributed by atoms with E-state index in [9.17, 15) is 4.79 Å². The lowest BCUT2D eigenvalue weighted by molar-refractivity contribution is -0.129. The molecule has 1 aromatic carbocycles. The van der Waals surface area contributed by atoms with E-state index in [1.807, 2.05) is 44.3 Å². The lowest BCUT2D eigenvalue weighted by atomic mass is 9.87. The lowest BCUT2D eigenvalue weighted by Gasteiger charge is -2.39. The van der Waals surface area contributed by atoms with Gasteiger partial charge in [-0.05, 0) is 32.0 Å². The zero-order valence-electron chi connectivity index (χ0n) is 13.9. The first-order valence-corrected chi connectivity index (χ1v) is 7.61. The molecule has 1 fully saturated rings. The van der Waals surface area contributed by atoms with Crippen LogP contribution in [0, 0.1) is 24.7 Å². The minimum Gasteiger partial charge on any atom is -0.346 e. The van der Waals surface area contributed by atoms with Gasteiger partial charge in [-0.25, -0.2) is 4.68 Å². The van der Waals surface area contributed by atoms with Gasteiger partial charge in [0.2, 0.25) is 5.91 Å². The fourth-order valence-corrected chi connectivity index (χ4v) is 2.97. The van der Waals surface area contributed by atoms with Gasteiger partial charge in [0.15, 0.2) is 5.96 Å². The van der Waals surface area contributed by atoms with E-state index in [1.54, 1.807) is 11.7 Å². The molecule has 0 radical (unpaired) electrons. The summed E-state index contributed by atoms with van der Waals surface area (Å²) in [6.45, 7) is 3.81. The summed E-state index contributed by atoms with van der Waals surface area (Å²) < 4.78 is 1.75. The van der Waals surface area contributed by atoms with Gasteiger partial charge in [0.05, 0.1) is 23.3 Å². The third kappa shape index (κ3) is 2.54. The molecule has 1 saturated heterocycles. The van der Waals surface area contributed by atoms with Gasteiger partial charge in [0, 0.05) is 24.4 Å². The fourth-order valence-electron chi connectivity index (χ4n) is 2.97. The largest absolute Gasteiger partial charge is 0.346 e. The molecule has 2 N–H and O–H groups in total. The van der Waals surface area contributed by atoms with Crippen LogP contribution in [0.5, 0.6) is 0 Å². The Balaban J connectivity index is 2.01. The van der Waals surface area contributed by atoms with Crippen molar-refractivity contribution in [1.29, 1.82) is 5.41 Å². The first-order valence-electron chi connectivity index (χ1n) is 7.61. The molecule has 1 aliphatic heterocycles. The molecule has 2 heterocycles. The van der Waals surface area contributed by atoms with Crippen molar-refractivity contribution in [1.82, 2.24) is 20.0 Å². The Hall–Kier alpha value is -3.07. The molecule has 0 saturated carbocycles. The predicted octanol–water partition coefficient (Wildman–Crippen LogP) is 1.76. The highest BCUT2D eigenvalue weighted by molar-refractivity contribution is 5.98. The molecule has 24 heavy (non-hydrogen) atoms. The Morgan fingerprint density at radius 1 is 1.46 bits per heavy atom. The van der Waals surface area contributed by atoms with Crippen molar-refractivity contribution in [2.75, 3.05) is 7.05 Å². The zero-order valence-corrected chi connectivity index (χ0v) is 13.9. The van der Waals surface area contributed by atoms with Crippen molar-refractivity contribution in [2.24, 2.45) is 0 Å². The predicted molar refractivity (Wildman–Crippen MR) is 91.8 cm³/mol. The average molecular weight is 321 g/mol. The second-order valence-corrected chi connectivity index (χ2v) is 6.20. The van der Waals surface area contributed by atoms with Crippen LogP contribution in [0.4, 0.5) is 0 Å². The summed E-state index contributed by atoms with van der Waals surface area (Å²) in [5.41, 5.74) is 2.67. The van der Waals surface area contributed by atoms with Crippen molar-refractivity contribution >= 4 is 11.9 Å². The van der Waals surface area contributed by atoms with E-state index < -0.39 is 5.54 Å². The molecule has 1 aromatic heterocycles. The van der Waals surface area contributed by atoms with Gasteiger partial charge in [-0.15, -0.1) is 6.42 Å². The highest BCUT2D eigenvalue weighted by Crippen LogP contribution is 2.31. The third-order valence-corrected chi connectivity index (χ3v) is 4.38. The minimum atomic E-state index is -0.660. The standard InChI is InChI=1S/C18H19N5O/c1-5-13-7-6-8-14(9-13)23-11-15(12(2)21-23)18(3)10-16(24)22(4)17(19)20-18/h1,6-9,11H,10H2,2-4H3,(H2,19,20)/t18-/m0/s1. The number of terminal acetylenes is 1. The Labute approximate surface area is 141 Å². The number of amides is 1. The molecule has 1 amide bonds. The van der Waals surface area contributed by atoms with Crippen LogP contribution in [-0.2, 0) is 10.3 Å². The van der Waals surface area contributed by atoms with E-state index in [0.717, 1.165) is 22.5 Å². The zero-order chi connectivity index (χ0) is 17.5. The molecule has 0 unspecified atom stereocenters. The van der Waals surface area contributed by atoms with Gasteiger partial charge >= 0.3 is 0 Å². The lowest BCUT2D eigenvalue weighted by Crippen LogP contribution is -2.58. The topological polar surface area (TPSA) is 74.0 Å². The van der Waals surface area contributed by atoms with E-state index in [1.165, 1.54) is 4.90 Å². The van der Waals surface area contributed by atoms with E-state index >= 15 is 0 Å². The van der Waals surface area contributed by atoms with Crippen LogP contribution >= 0.6 is 0 Å². The molecule has 1 aliphatic rings. The molecule has 6 nitrogen and oxygen atoms in total. The molecule has 6 heteroatoms. The summed E-state index contributed by atoms with van der Waals surface area (Å²) in [5, 5.41) is 15.6. The Bertz CT molecular complexity index is 856. The van der Waals surface area contributed by atoms with E-state index in [4.69, 9.17) is 11.8 Å². The molecule has 1 atom stereocenters. The van der Waals surface area contributed by atoms with Crippen molar-refractivity contribution < 1.29 is 4.79 Å². The molecule has 2 aromatic rings. The molecule has 0 bridgehead atoms. The smallest absolute Gasteiger partial charge is 0.231 e. The van der Waals surface area contributed by atoms with Gasteiger partial charge in [-0.3, -0.25) is 15.1 Å². The highest BCUT2D eigenvalue weighted by atomic mass is 16.2. The van der Waals surface area contributed by atoms with Gasteiger partial charge in [0.25, 0.3) is 0 Å². The van der Waals surface area contributed by atoms with Crippen molar-refractivity contribution in [3.05, 3.63) is 47.3 Å². The summed E-state index contributed by atoms with van der Waals surface area (Å²) in [4.78, 5) is 13.5. The number of aryl methyl sites for hydroxylation is 1. The molecule has 0 aliphatic carbocycles. The van der Waals surface area contributed by atoms with Crippen LogP contribution in [-0.4, -0.2) is 33.6 Å². The second kappa shape index (κ2) is 5.53. The van der Waals surface area contributed by atoms with Crippen LogP contribution in [0.15, 0.2) is 30.5 Å². The first kappa shape index (κ1) is 15.8. The molecule has 0 spiro atoms. The Morgan fingerprint density at radius 3 is 2.88 bits per heavy atom. The molecule has 122 valence electrons. The monoisotopic (exact) mass is 321 g/mol. The number of guanidine groups is 1. The molecular weight excluding hydrogens is 302 g/mol. The van der Waals surface area contributed by atoms with Gasteiger partial charge in [-0.1, -0.05) is 12.0 Å². The van der Waals surface area contributed by atoms with Gasteiger partial charge < -0.3 is 5.32 Å². The summed E-state index contributed by atoms with van der Waals surface area (Å²) in [6.07, 6.45) is 7.62. The van der Waals surface area contributed by atoms with Crippen LogP contribution in [0.1, 0.15) is 30.2 Å². The maximum absolute atomic E-state index is 12.2. The first-order chi connectivity index (χ1) is 11.3. The van der Waals surface area contributed by atoms with Crippen LogP contribution in [0.25, 0.3) is 5.69 Å². The Morgan fingerprint density at radius 2 is 2.21 bits per heavy atom. The average Bonchev–Trinajstić information content (AvgIpc) is 2.95. The molecular formula is C18H19N5O. The van der Waals surface area contributed by atoms with E-state index in [-0.39, 0.29) is 18.3 Å². The van der Waals surface area contributed by atoms with Crippen molar-refractivity contribution in [3.8, 4) is 18.0 Å². The number of benzene rings is 1. The maximum atomic E-state index is 12.2. The fraction of sp³-hybridized carbons (Fsp3) is 0.278. The van der Waals surface area contributed by atoms with Gasteiger partial charge in [-0.2, -0.15) is 5.10 Å². The quantitative estimate of drug-likeness (QED) is 0.828. The number of hydrogen-bond donors (Lipinski definition) is 2. The summed E-state index contributed by atoms with van der Waals surface area (Å²) in [7, 11) is 1.60. The summed E-state index contributed by atoms with van der Waals surface area (Å²) in [6, 6.07) is 7.55. The number of hydrogen-bond acceptors (Lipinski definition) is 3. The molecule has 3 rings (SSSR count). The summed E-state index contributed by atoms with van der Waals surface area (Å²) in [5.74, 6) is 2.61. The number of nitrogens with one attached hydrogen (secondary N) is 2. The van der Waals surface area contributed by atoms with E-state index in [2.05, 4.69) is 16.3 Å². The number of carbonyl (C=O) groups excluding carboxylic acids is 1. The number of aromatic nitrogens is 2. The maximum Gasteiger partial charge on any atom is 0.231 e. The normalized spacial score (nSPS) is 20.7. The van der Waals surface area contributed by atoms with Crippen molar-refractivity contribution in [2.45, 2.75) is 25.8 Å². The van der Waals surface area contributed by atoms with E-state index in [0.29, 0.717) is 0 Å². The second-order valence-electron chi connectivity index (χ2n) is 6.20. The number of carbonyl (C=O) groups is 1. The third-order valence-electron chi connectivity index (χ3n) is 4.38. The SMILES string of the molecule is C#Cc1cccc(-n2cc([C@]3(C)CC(=O)N(C)C(=N)N3)c(C)n2)c1. The minimum absolute atomic E-state index is 0.0928. The Kier molecular flexibility index (Phi) is 3.64. The van der Waals surface area contributed by atoms with Crippen molar-refractivity contribution in [3.63, 3.8) is 0 Å². The number of nitrogens with zero attached hydrogens (tertiary/aromatic N) is 3. The summed E-state index contributed by atoms with van der Waals surface area (Å²) >= 11 is 0. The van der Waals surface area contributed by atoms with Crippen LogP contribution < -0.4 is 5.32 Å². The highest BCUT2D eigenvalue weighted by Gasteiger charge is 2.39. The van der Waals surface area contributed by atoms with Crippen LogP contribution in [0.2, 0.25) is 0 Å². The van der Waals surface area contributed by atoms with Gasteiger partial charge in [0.1, 0.15) is 0 Å². The number of rotatable bonds is 2.